The Hall–Kier alpha value is -1.65. The van der Waals surface area contributed by atoms with Gasteiger partial charge in [0.15, 0.2) is 0 Å². The van der Waals surface area contributed by atoms with E-state index < -0.39 is 10.8 Å². The second-order valence-corrected chi connectivity index (χ2v) is 6.90. The summed E-state index contributed by atoms with van der Waals surface area (Å²) >= 11 is 6.07. The molecule has 116 valence electrons. The van der Waals surface area contributed by atoms with Crippen molar-refractivity contribution in [3.8, 4) is 0 Å². The van der Waals surface area contributed by atoms with Crippen LogP contribution in [0, 0.1) is 0 Å². The van der Waals surface area contributed by atoms with Crippen molar-refractivity contribution in [3.63, 3.8) is 0 Å². The Morgan fingerprint density at radius 1 is 1.18 bits per heavy atom. The number of hydrogen-bond donors (Lipinski definition) is 1. The van der Waals surface area contributed by atoms with E-state index >= 15 is 0 Å². The smallest absolute Gasteiger partial charge is 0.224 e. The van der Waals surface area contributed by atoms with Gasteiger partial charge in [-0.25, -0.2) is 0 Å². The molecule has 0 unspecified atom stereocenters. The maximum atomic E-state index is 12.0. The van der Waals surface area contributed by atoms with E-state index in [1.165, 1.54) is 0 Å². The summed E-state index contributed by atoms with van der Waals surface area (Å²) in [6.07, 6.45) is 2.75. The molecule has 1 atom stereocenters. The normalized spacial score (nSPS) is 11.9. The summed E-state index contributed by atoms with van der Waals surface area (Å²) in [5.41, 5.74) is 2.60. The summed E-state index contributed by atoms with van der Waals surface area (Å²) in [5, 5.41) is 3.42. The Balaban J connectivity index is 1.95. The van der Waals surface area contributed by atoms with Crippen molar-refractivity contribution in [2.24, 2.45) is 0 Å². The van der Waals surface area contributed by atoms with Crippen LogP contribution < -0.4 is 5.32 Å². The first kappa shape index (κ1) is 16.7. The molecule has 0 radical (unpaired) electrons. The molecule has 1 amide bonds. The van der Waals surface area contributed by atoms with E-state index in [2.05, 4.69) is 5.32 Å². The molecule has 5 heteroatoms. The van der Waals surface area contributed by atoms with Gasteiger partial charge >= 0.3 is 0 Å². The second-order valence-electron chi connectivity index (χ2n) is 5.06. The van der Waals surface area contributed by atoms with Crippen LogP contribution >= 0.6 is 11.6 Å². The van der Waals surface area contributed by atoms with E-state index in [0.29, 0.717) is 29.3 Å². The van der Waals surface area contributed by atoms with Gasteiger partial charge in [0, 0.05) is 39.9 Å². The fourth-order valence-electron chi connectivity index (χ4n) is 2.11. The summed E-state index contributed by atoms with van der Waals surface area (Å²) in [6, 6.07) is 15.1. The first-order chi connectivity index (χ1) is 10.5. The molecule has 2 aromatic carbocycles. The molecule has 2 rings (SSSR count). The molecule has 0 fully saturated rings. The van der Waals surface area contributed by atoms with Crippen LogP contribution in [0.3, 0.4) is 0 Å². The van der Waals surface area contributed by atoms with E-state index in [9.17, 15) is 9.00 Å². The lowest BCUT2D eigenvalue weighted by Gasteiger charge is -2.09. The zero-order valence-electron chi connectivity index (χ0n) is 12.3. The zero-order chi connectivity index (χ0) is 15.9. The Morgan fingerprint density at radius 2 is 1.91 bits per heavy atom. The van der Waals surface area contributed by atoms with Crippen molar-refractivity contribution in [2.75, 3.05) is 11.6 Å². The van der Waals surface area contributed by atoms with E-state index in [0.717, 1.165) is 11.1 Å². The van der Waals surface area contributed by atoms with Gasteiger partial charge in [-0.15, -0.1) is 0 Å². The SMILES string of the molecule is C[S@@](=O)Cc1cc(NC(=O)CCc2ccccc2)ccc1Cl. The van der Waals surface area contributed by atoms with Gasteiger partial charge < -0.3 is 5.32 Å². The van der Waals surface area contributed by atoms with E-state index in [1.807, 2.05) is 30.3 Å². The van der Waals surface area contributed by atoms with E-state index in [4.69, 9.17) is 11.6 Å². The van der Waals surface area contributed by atoms with Crippen LogP contribution in [0.5, 0.6) is 0 Å². The highest BCUT2D eigenvalue weighted by Crippen LogP contribution is 2.22. The molecule has 2 aromatic rings. The van der Waals surface area contributed by atoms with Crippen molar-refractivity contribution in [3.05, 3.63) is 64.7 Å². The number of hydrogen-bond acceptors (Lipinski definition) is 2. The van der Waals surface area contributed by atoms with Crippen molar-refractivity contribution < 1.29 is 9.00 Å². The molecular weight excluding hydrogens is 318 g/mol. The van der Waals surface area contributed by atoms with Crippen LogP contribution in [0.1, 0.15) is 17.5 Å². The highest BCUT2D eigenvalue weighted by molar-refractivity contribution is 7.83. The number of carbonyl (C=O) groups is 1. The highest BCUT2D eigenvalue weighted by atomic mass is 35.5. The van der Waals surface area contributed by atoms with E-state index in [-0.39, 0.29) is 5.91 Å². The number of carbonyl (C=O) groups excluding carboxylic acids is 1. The molecule has 22 heavy (non-hydrogen) atoms. The number of benzene rings is 2. The predicted octanol–water partition coefficient (Wildman–Crippen LogP) is 3.79. The van der Waals surface area contributed by atoms with Crippen LogP contribution in [0.4, 0.5) is 5.69 Å². The van der Waals surface area contributed by atoms with Gasteiger partial charge in [0.1, 0.15) is 0 Å². The molecule has 0 heterocycles. The minimum atomic E-state index is -0.973. The second kappa shape index (κ2) is 8.11. The van der Waals surface area contributed by atoms with E-state index in [1.54, 1.807) is 24.5 Å². The van der Waals surface area contributed by atoms with Crippen molar-refractivity contribution >= 4 is 34.0 Å². The lowest BCUT2D eigenvalue weighted by molar-refractivity contribution is -0.116. The largest absolute Gasteiger partial charge is 0.326 e. The van der Waals surface area contributed by atoms with Crippen LogP contribution in [0.25, 0.3) is 0 Å². The molecule has 0 aromatic heterocycles. The molecular formula is C17H18ClNO2S. The molecule has 1 N–H and O–H groups in total. The fraction of sp³-hybridized carbons (Fsp3) is 0.235. The first-order valence-corrected chi connectivity index (χ1v) is 9.07. The Labute approximate surface area is 138 Å². The van der Waals surface area contributed by atoms with Crippen LogP contribution in [0.15, 0.2) is 48.5 Å². The van der Waals surface area contributed by atoms with Gasteiger partial charge in [0.25, 0.3) is 0 Å². The highest BCUT2D eigenvalue weighted by Gasteiger charge is 2.07. The monoisotopic (exact) mass is 335 g/mol. The molecule has 0 aliphatic carbocycles. The maximum Gasteiger partial charge on any atom is 0.224 e. The third-order valence-corrected chi connectivity index (χ3v) is 4.26. The number of aryl methyl sites for hydroxylation is 1. The quantitative estimate of drug-likeness (QED) is 0.873. The topological polar surface area (TPSA) is 46.2 Å². The Bertz CT molecular complexity index is 674. The average Bonchev–Trinajstić information content (AvgIpc) is 2.49. The van der Waals surface area contributed by atoms with Crippen molar-refractivity contribution in [1.82, 2.24) is 0 Å². The lowest BCUT2D eigenvalue weighted by atomic mass is 10.1. The summed E-state index contributed by atoms with van der Waals surface area (Å²) in [7, 11) is -0.973. The Kier molecular flexibility index (Phi) is 6.16. The molecule has 0 spiro atoms. The lowest BCUT2D eigenvalue weighted by Crippen LogP contribution is -2.12. The fourth-order valence-corrected chi connectivity index (χ4v) is 3.05. The number of nitrogens with one attached hydrogen (secondary N) is 1. The van der Waals surface area contributed by atoms with Gasteiger partial charge in [-0.3, -0.25) is 9.00 Å². The minimum Gasteiger partial charge on any atom is -0.326 e. The number of rotatable bonds is 6. The average molecular weight is 336 g/mol. The minimum absolute atomic E-state index is 0.0465. The molecule has 0 bridgehead atoms. The number of anilines is 1. The van der Waals surface area contributed by atoms with Crippen LogP contribution in [-0.2, 0) is 27.8 Å². The van der Waals surface area contributed by atoms with Gasteiger partial charge in [-0.05, 0) is 35.7 Å². The maximum absolute atomic E-state index is 12.0. The van der Waals surface area contributed by atoms with Crippen LogP contribution in [-0.4, -0.2) is 16.4 Å². The molecule has 0 saturated heterocycles. The summed E-state index contributed by atoms with van der Waals surface area (Å²) in [5.74, 6) is 0.335. The van der Waals surface area contributed by atoms with Gasteiger partial charge in [0.05, 0.1) is 0 Å². The molecule has 0 saturated carbocycles. The standard InChI is InChI=1S/C17H18ClNO2S/c1-22(21)12-14-11-15(8-9-16(14)18)19-17(20)10-7-13-5-3-2-4-6-13/h2-6,8-9,11H,7,10,12H2,1H3,(H,19,20)/t22-/m1/s1. The van der Waals surface area contributed by atoms with Crippen molar-refractivity contribution in [2.45, 2.75) is 18.6 Å². The summed E-state index contributed by atoms with van der Waals surface area (Å²) in [6.45, 7) is 0. The third-order valence-electron chi connectivity index (χ3n) is 3.17. The molecule has 3 nitrogen and oxygen atoms in total. The summed E-state index contributed by atoms with van der Waals surface area (Å²) < 4.78 is 11.3. The first-order valence-electron chi connectivity index (χ1n) is 6.97. The predicted molar refractivity (Wildman–Crippen MR) is 92.6 cm³/mol. The molecule has 0 aliphatic rings. The summed E-state index contributed by atoms with van der Waals surface area (Å²) in [4.78, 5) is 12.0. The van der Waals surface area contributed by atoms with Crippen molar-refractivity contribution in [1.29, 1.82) is 0 Å². The van der Waals surface area contributed by atoms with Gasteiger partial charge in [-0.1, -0.05) is 41.9 Å². The van der Waals surface area contributed by atoms with Gasteiger partial charge in [0.2, 0.25) is 5.91 Å². The number of amides is 1. The number of halogens is 1. The molecule has 0 aliphatic heterocycles. The van der Waals surface area contributed by atoms with Crippen LogP contribution in [0.2, 0.25) is 5.02 Å². The Morgan fingerprint density at radius 3 is 2.59 bits per heavy atom. The van der Waals surface area contributed by atoms with Gasteiger partial charge in [-0.2, -0.15) is 0 Å². The third kappa shape index (κ3) is 5.28. The zero-order valence-corrected chi connectivity index (χ0v) is 13.9.